The third-order valence-electron chi connectivity index (χ3n) is 4.17. The lowest BCUT2D eigenvalue weighted by molar-refractivity contribution is 0.0997. The molecule has 0 atom stereocenters. The first-order valence-electron chi connectivity index (χ1n) is 8.64. The van der Waals surface area contributed by atoms with E-state index in [1.165, 1.54) is 49.7 Å². The molecular weight excluding hydrogens is 418 g/mol. The van der Waals surface area contributed by atoms with E-state index in [4.69, 9.17) is 11.6 Å². The molecule has 1 aromatic heterocycles. The number of aryl methyl sites for hydroxylation is 1. The van der Waals surface area contributed by atoms with Crippen LogP contribution >= 0.6 is 22.9 Å². The molecule has 0 radical (unpaired) electrons. The molecule has 0 unspecified atom stereocenters. The van der Waals surface area contributed by atoms with Crippen LogP contribution in [-0.2, 0) is 16.6 Å². The van der Waals surface area contributed by atoms with Crippen LogP contribution in [0.2, 0.25) is 5.02 Å². The van der Waals surface area contributed by atoms with Gasteiger partial charge in [-0.2, -0.15) is 4.99 Å². The minimum absolute atomic E-state index is 0.131. The fraction of sp³-hybridized carbons (Fsp3) is 0.263. The fourth-order valence-electron chi connectivity index (χ4n) is 2.70. The van der Waals surface area contributed by atoms with Crippen LogP contribution in [0.25, 0.3) is 10.2 Å². The summed E-state index contributed by atoms with van der Waals surface area (Å²) in [4.78, 5) is 17.7. The molecule has 6 nitrogen and oxygen atoms in total. The number of hydrogen-bond donors (Lipinski definition) is 0. The van der Waals surface area contributed by atoms with Gasteiger partial charge in [-0.25, -0.2) is 12.7 Å². The van der Waals surface area contributed by atoms with Gasteiger partial charge in [0.15, 0.2) is 4.80 Å². The van der Waals surface area contributed by atoms with Crippen LogP contribution in [0.1, 0.15) is 23.7 Å². The van der Waals surface area contributed by atoms with E-state index in [1.807, 2.05) is 22.8 Å². The summed E-state index contributed by atoms with van der Waals surface area (Å²) in [6.45, 7) is 2.79. The molecule has 0 bridgehead atoms. The topological polar surface area (TPSA) is 71.7 Å². The van der Waals surface area contributed by atoms with Gasteiger partial charge in [-0.15, -0.1) is 0 Å². The lowest BCUT2D eigenvalue weighted by Gasteiger charge is -2.11. The highest BCUT2D eigenvalue weighted by molar-refractivity contribution is 7.89. The molecule has 0 fully saturated rings. The number of thiazole rings is 1. The van der Waals surface area contributed by atoms with Gasteiger partial charge in [-0.05, 0) is 48.9 Å². The molecule has 28 heavy (non-hydrogen) atoms. The number of rotatable bonds is 5. The van der Waals surface area contributed by atoms with Gasteiger partial charge in [0.05, 0.1) is 15.1 Å². The standard InChI is InChI=1S/C19H20ClN3O3S2/c1-4-11-23-16-10-7-14(20)12-17(16)27-19(23)21-18(24)13-5-8-15(9-6-13)28(25,26)22(2)3/h5-10,12H,4,11H2,1-3H3. The summed E-state index contributed by atoms with van der Waals surface area (Å²) in [6, 6.07) is 11.4. The van der Waals surface area contributed by atoms with E-state index in [1.54, 1.807) is 0 Å². The Balaban J connectivity index is 2.02. The molecule has 0 aliphatic rings. The maximum absolute atomic E-state index is 12.6. The van der Waals surface area contributed by atoms with Gasteiger partial charge in [0.2, 0.25) is 10.0 Å². The predicted molar refractivity (Wildman–Crippen MR) is 112 cm³/mol. The molecule has 1 amide bonds. The van der Waals surface area contributed by atoms with Crippen LogP contribution < -0.4 is 4.80 Å². The Bertz CT molecular complexity index is 1190. The molecule has 0 saturated carbocycles. The maximum atomic E-state index is 12.6. The summed E-state index contributed by atoms with van der Waals surface area (Å²) in [5.41, 5.74) is 1.31. The molecule has 9 heteroatoms. The first kappa shape index (κ1) is 20.7. The zero-order valence-electron chi connectivity index (χ0n) is 15.7. The van der Waals surface area contributed by atoms with E-state index in [0.717, 1.165) is 27.5 Å². The number of benzene rings is 2. The Kier molecular flexibility index (Phi) is 6.04. The van der Waals surface area contributed by atoms with E-state index < -0.39 is 15.9 Å². The molecule has 3 aromatic rings. The summed E-state index contributed by atoms with van der Waals surface area (Å²) in [5.74, 6) is -0.420. The SMILES string of the molecule is CCCn1c(=NC(=O)c2ccc(S(=O)(=O)N(C)C)cc2)sc2cc(Cl)ccc21. The van der Waals surface area contributed by atoms with Gasteiger partial charge in [0.25, 0.3) is 5.91 Å². The molecule has 1 heterocycles. The van der Waals surface area contributed by atoms with Crippen molar-refractivity contribution in [1.29, 1.82) is 0 Å². The zero-order chi connectivity index (χ0) is 20.5. The van der Waals surface area contributed by atoms with Crippen molar-refractivity contribution in [2.45, 2.75) is 24.8 Å². The molecule has 2 aromatic carbocycles. The Hall–Kier alpha value is -2.00. The van der Waals surface area contributed by atoms with Crippen molar-refractivity contribution in [1.82, 2.24) is 8.87 Å². The normalized spacial score (nSPS) is 12.8. The van der Waals surface area contributed by atoms with Gasteiger partial charge >= 0.3 is 0 Å². The van der Waals surface area contributed by atoms with Crippen molar-refractivity contribution in [2.75, 3.05) is 14.1 Å². The smallest absolute Gasteiger partial charge is 0.279 e. The maximum Gasteiger partial charge on any atom is 0.279 e. The summed E-state index contributed by atoms with van der Waals surface area (Å²) < 4.78 is 28.4. The number of hydrogen-bond acceptors (Lipinski definition) is 4. The second-order valence-electron chi connectivity index (χ2n) is 6.38. The number of sulfonamides is 1. The highest BCUT2D eigenvalue weighted by Gasteiger charge is 2.17. The summed E-state index contributed by atoms with van der Waals surface area (Å²) in [7, 11) is -0.612. The predicted octanol–water partition coefficient (Wildman–Crippen LogP) is 3.76. The van der Waals surface area contributed by atoms with Gasteiger partial charge in [0.1, 0.15) is 0 Å². The summed E-state index contributed by atoms with van der Waals surface area (Å²) >= 11 is 7.48. The molecule has 0 N–H and O–H groups in total. The average Bonchev–Trinajstić information content (AvgIpc) is 2.98. The summed E-state index contributed by atoms with van der Waals surface area (Å²) in [6.07, 6.45) is 0.896. The van der Waals surface area contributed by atoms with Crippen molar-refractivity contribution in [3.8, 4) is 0 Å². The lowest BCUT2D eigenvalue weighted by atomic mass is 10.2. The minimum atomic E-state index is -3.54. The third-order valence-corrected chi connectivity index (χ3v) is 7.27. The van der Waals surface area contributed by atoms with E-state index in [9.17, 15) is 13.2 Å². The van der Waals surface area contributed by atoms with Crippen molar-refractivity contribution in [3.63, 3.8) is 0 Å². The molecule has 0 saturated heterocycles. The number of fused-ring (bicyclic) bond motifs is 1. The fourth-order valence-corrected chi connectivity index (χ4v) is 4.94. The zero-order valence-corrected chi connectivity index (χ0v) is 18.1. The van der Waals surface area contributed by atoms with Gasteiger partial charge < -0.3 is 4.57 Å². The number of amides is 1. The van der Waals surface area contributed by atoms with E-state index in [0.29, 0.717) is 15.4 Å². The van der Waals surface area contributed by atoms with Gasteiger partial charge in [0, 0.05) is 31.2 Å². The second-order valence-corrected chi connectivity index (χ2v) is 9.97. The molecule has 0 spiro atoms. The highest BCUT2D eigenvalue weighted by atomic mass is 35.5. The number of carbonyl (C=O) groups excluding carboxylic acids is 1. The van der Waals surface area contributed by atoms with Crippen LogP contribution in [0, 0.1) is 0 Å². The Morgan fingerprint density at radius 3 is 2.46 bits per heavy atom. The Morgan fingerprint density at radius 2 is 1.86 bits per heavy atom. The molecule has 148 valence electrons. The average molecular weight is 438 g/mol. The number of aromatic nitrogens is 1. The third kappa shape index (κ3) is 4.05. The number of nitrogens with zero attached hydrogens (tertiary/aromatic N) is 3. The summed E-state index contributed by atoms with van der Waals surface area (Å²) in [5, 5.41) is 0.632. The van der Waals surface area contributed by atoms with Crippen molar-refractivity contribution in [3.05, 3.63) is 57.9 Å². The largest absolute Gasteiger partial charge is 0.316 e. The molecule has 0 aliphatic heterocycles. The first-order chi connectivity index (χ1) is 13.2. The quantitative estimate of drug-likeness (QED) is 0.610. The second kappa shape index (κ2) is 8.16. The van der Waals surface area contributed by atoms with Crippen molar-refractivity contribution in [2.24, 2.45) is 4.99 Å². The van der Waals surface area contributed by atoms with Gasteiger partial charge in [-0.1, -0.05) is 29.9 Å². The number of halogens is 1. The van der Waals surface area contributed by atoms with Crippen LogP contribution in [0.4, 0.5) is 0 Å². The van der Waals surface area contributed by atoms with Crippen LogP contribution in [0.3, 0.4) is 0 Å². The van der Waals surface area contributed by atoms with Crippen molar-refractivity contribution >= 4 is 49.1 Å². The minimum Gasteiger partial charge on any atom is -0.316 e. The number of carbonyl (C=O) groups is 1. The van der Waals surface area contributed by atoms with E-state index >= 15 is 0 Å². The molecule has 0 aliphatic carbocycles. The van der Waals surface area contributed by atoms with E-state index in [-0.39, 0.29) is 4.90 Å². The Labute approximate surface area is 172 Å². The van der Waals surface area contributed by atoms with Gasteiger partial charge in [-0.3, -0.25) is 4.79 Å². The highest BCUT2D eigenvalue weighted by Crippen LogP contribution is 2.22. The van der Waals surface area contributed by atoms with Crippen molar-refractivity contribution < 1.29 is 13.2 Å². The molecule has 3 rings (SSSR count). The monoisotopic (exact) mass is 437 g/mol. The Morgan fingerprint density at radius 1 is 1.18 bits per heavy atom. The molecular formula is C19H20ClN3O3S2. The van der Waals surface area contributed by atoms with E-state index in [2.05, 4.69) is 11.9 Å². The first-order valence-corrected chi connectivity index (χ1v) is 11.3. The van der Waals surface area contributed by atoms with Crippen LogP contribution in [0.15, 0.2) is 52.4 Å². The van der Waals surface area contributed by atoms with Crippen LogP contribution in [-0.4, -0.2) is 37.3 Å². The van der Waals surface area contributed by atoms with Crippen LogP contribution in [0.5, 0.6) is 0 Å². The lowest BCUT2D eigenvalue weighted by Crippen LogP contribution is -2.22.